The number of anilines is 1. The lowest BCUT2D eigenvalue weighted by molar-refractivity contribution is -0.137. The van der Waals surface area contributed by atoms with Crippen molar-refractivity contribution in [1.29, 1.82) is 0 Å². The number of ether oxygens (including phenoxy) is 3. The molecular formula is C24H27F3N4O3. The van der Waals surface area contributed by atoms with Crippen molar-refractivity contribution in [3.8, 4) is 11.5 Å². The van der Waals surface area contributed by atoms with Crippen LogP contribution >= 0.6 is 0 Å². The van der Waals surface area contributed by atoms with Crippen LogP contribution in [-0.4, -0.2) is 40.4 Å². The molecule has 7 nitrogen and oxygen atoms in total. The number of nitrogens with one attached hydrogen (secondary N) is 1. The van der Waals surface area contributed by atoms with Gasteiger partial charge in [0.05, 0.1) is 36.5 Å². The van der Waals surface area contributed by atoms with E-state index in [-0.39, 0.29) is 18.3 Å². The highest BCUT2D eigenvalue weighted by molar-refractivity contribution is 5.91. The van der Waals surface area contributed by atoms with Gasteiger partial charge in [0, 0.05) is 24.3 Å². The van der Waals surface area contributed by atoms with Gasteiger partial charge in [-0.1, -0.05) is 0 Å². The Hall–Kier alpha value is -3.14. The Labute approximate surface area is 195 Å². The fourth-order valence-corrected chi connectivity index (χ4v) is 4.03. The first-order chi connectivity index (χ1) is 16.1. The third-order valence-electron chi connectivity index (χ3n) is 5.75. The zero-order chi connectivity index (χ0) is 24.5. The Morgan fingerprint density at radius 2 is 1.94 bits per heavy atom. The molecule has 1 N–H and O–H groups in total. The number of aromatic nitrogens is 3. The Balaban J connectivity index is 1.66. The van der Waals surface area contributed by atoms with Crippen LogP contribution < -0.4 is 14.8 Å². The molecule has 3 heterocycles. The molecule has 2 aromatic heterocycles. The summed E-state index contributed by atoms with van der Waals surface area (Å²) in [4.78, 5) is 13.0. The van der Waals surface area contributed by atoms with E-state index in [1.54, 1.807) is 26.2 Å². The lowest BCUT2D eigenvalue weighted by Crippen LogP contribution is -2.41. The molecule has 0 bridgehead atoms. The maximum Gasteiger partial charge on any atom is 0.416 e. The number of methoxy groups -OCH3 is 1. The van der Waals surface area contributed by atoms with Crippen LogP contribution in [0.2, 0.25) is 0 Å². The monoisotopic (exact) mass is 476 g/mol. The summed E-state index contributed by atoms with van der Waals surface area (Å²) in [5, 5.41) is 3.75. The maximum absolute atomic E-state index is 13.1. The number of hydrogen-bond donors (Lipinski definition) is 1. The average Bonchev–Trinajstić information content (AvgIpc) is 3.33. The lowest BCUT2D eigenvalue weighted by atomic mass is 9.99. The number of benzene rings is 1. The molecule has 3 aromatic rings. The number of nitrogens with zero attached hydrogens (tertiary/aromatic N) is 3. The molecule has 1 fully saturated rings. The first-order valence-corrected chi connectivity index (χ1v) is 11.0. The van der Waals surface area contributed by atoms with Gasteiger partial charge in [-0.25, -0.2) is 9.97 Å². The first-order valence-electron chi connectivity index (χ1n) is 11.0. The second-order valence-corrected chi connectivity index (χ2v) is 8.73. The van der Waals surface area contributed by atoms with Crippen molar-refractivity contribution in [2.45, 2.75) is 58.0 Å². The van der Waals surface area contributed by atoms with Crippen molar-refractivity contribution < 1.29 is 27.4 Å². The standard InChI is InChI=1S/C24H27F3N4O3/c1-14-30-18-12-19(32-4)20(34-23(2,3)21-6-5-9-33-21)11-17(18)22(31-14)29-13-16-10-15(7-8-28-16)24(25,26)27/h7-8,10-12,21H,5-6,9,13H2,1-4H3,(H,29,30,31). The van der Waals surface area contributed by atoms with E-state index in [4.69, 9.17) is 14.2 Å². The number of hydrogen-bond acceptors (Lipinski definition) is 7. The minimum atomic E-state index is -4.44. The van der Waals surface area contributed by atoms with Crippen LogP contribution in [0, 0.1) is 6.92 Å². The fourth-order valence-electron chi connectivity index (χ4n) is 4.03. The van der Waals surface area contributed by atoms with Gasteiger partial charge in [0.1, 0.15) is 17.2 Å². The first kappa shape index (κ1) is 24.0. The highest BCUT2D eigenvalue weighted by atomic mass is 19.4. The molecule has 0 saturated carbocycles. The minimum Gasteiger partial charge on any atom is -0.493 e. The number of pyridine rings is 1. The molecule has 182 valence electrons. The third-order valence-corrected chi connectivity index (χ3v) is 5.75. The summed E-state index contributed by atoms with van der Waals surface area (Å²) in [6, 6.07) is 5.51. The van der Waals surface area contributed by atoms with Crippen LogP contribution in [-0.2, 0) is 17.5 Å². The molecule has 1 unspecified atom stereocenters. The van der Waals surface area contributed by atoms with Crippen LogP contribution in [0.3, 0.4) is 0 Å². The van der Waals surface area contributed by atoms with E-state index in [2.05, 4.69) is 20.3 Å². The molecular weight excluding hydrogens is 449 g/mol. The predicted molar refractivity (Wildman–Crippen MR) is 121 cm³/mol. The van der Waals surface area contributed by atoms with Gasteiger partial charge < -0.3 is 19.5 Å². The number of alkyl halides is 3. The number of aryl methyl sites for hydroxylation is 1. The maximum atomic E-state index is 13.1. The van der Waals surface area contributed by atoms with E-state index in [1.165, 1.54) is 0 Å². The van der Waals surface area contributed by atoms with Crippen molar-refractivity contribution in [3.05, 3.63) is 47.5 Å². The van der Waals surface area contributed by atoms with Crippen molar-refractivity contribution in [2.24, 2.45) is 0 Å². The summed E-state index contributed by atoms with van der Waals surface area (Å²) in [7, 11) is 1.56. The molecule has 1 aliphatic rings. The second-order valence-electron chi connectivity index (χ2n) is 8.73. The van der Waals surface area contributed by atoms with Crippen molar-refractivity contribution in [3.63, 3.8) is 0 Å². The summed E-state index contributed by atoms with van der Waals surface area (Å²) in [6.07, 6.45) is -1.45. The van der Waals surface area contributed by atoms with Crippen LogP contribution in [0.5, 0.6) is 11.5 Å². The summed E-state index contributed by atoms with van der Waals surface area (Å²) < 4.78 is 56.9. The smallest absolute Gasteiger partial charge is 0.416 e. The molecule has 0 aliphatic carbocycles. The van der Waals surface area contributed by atoms with Crippen LogP contribution in [0.1, 0.15) is 43.8 Å². The Morgan fingerprint density at radius 1 is 1.15 bits per heavy atom. The molecule has 1 aromatic carbocycles. The van der Waals surface area contributed by atoms with Crippen LogP contribution in [0.25, 0.3) is 10.9 Å². The van der Waals surface area contributed by atoms with E-state index in [0.29, 0.717) is 40.7 Å². The van der Waals surface area contributed by atoms with Crippen molar-refractivity contribution in [2.75, 3.05) is 19.0 Å². The molecule has 0 spiro atoms. The van der Waals surface area contributed by atoms with Crippen LogP contribution in [0.15, 0.2) is 30.5 Å². The molecule has 1 saturated heterocycles. The quantitative estimate of drug-likeness (QED) is 0.495. The second kappa shape index (κ2) is 9.25. The molecule has 34 heavy (non-hydrogen) atoms. The fraction of sp³-hybridized carbons (Fsp3) is 0.458. The van der Waals surface area contributed by atoms with E-state index in [0.717, 1.165) is 31.2 Å². The normalized spacial score (nSPS) is 16.6. The van der Waals surface area contributed by atoms with Gasteiger partial charge in [0.25, 0.3) is 0 Å². The summed E-state index contributed by atoms with van der Waals surface area (Å²) in [6.45, 7) is 6.44. The molecule has 1 atom stereocenters. The molecule has 0 radical (unpaired) electrons. The zero-order valence-electron chi connectivity index (χ0n) is 19.5. The van der Waals surface area contributed by atoms with Gasteiger partial charge in [-0.15, -0.1) is 0 Å². The van der Waals surface area contributed by atoms with Crippen LogP contribution in [0.4, 0.5) is 19.0 Å². The average molecular weight is 476 g/mol. The zero-order valence-corrected chi connectivity index (χ0v) is 19.5. The number of fused-ring (bicyclic) bond motifs is 1. The highest BCUT2D eigenvalue weighted by Crippen LogP contribution is 2.38. The topological polar surface area (TPSA) is 78.4 Å². The molecule has 10 heteroatoms. The van der Waals surface area contributed by atoms with Gasteiger partial charge in [0.15, 0.2) is 11.5 Å². The van der Waals surface area contributed by atoms with E-state index in [9.17, 15) is 13.2 Å². The van der Waals surface area contributed by atoms with Crippen molar-refractivity contribution >= 4 is 16.7 Å². The molecule has 4 rings (SSSR count). The van der Waals surface area contributed by atoms with E-state index in [1.807, 2.05) is 13.8 Å². The Bertz CT molecular complexity index is 1180. The van der Waals surface area contributed by atoms with Gasteiger partial charge >= 0.3 is 6.18 Å². The van der Waals surface area contributed by atoms with Gasteiger partial charge in [-0.2, -0.15) is 13.2 Å². The summed E-state index contributed by atoms with van der Waals surface area (Å²) >= 11 is 0. The SMILES string of the molecule is COc1cc2nc(C)nc(NCc3cc(C(F)(F)F)ccn3)c2cc1OC(C)(C)C1CCCO1. The largest absolute Gasteiger partial charge is 0.493 e. The Kier molecular flexibility index (Phi) is 6.53. The Morgan fingerprint density at radius 3 is 2.62 bits per heavy atom. The lowest BCUT2D eigenvalue weighted by Gasteiger charge is -2.32. The van der Waals surface area contributed by atoms with Gasteiger partial charge in [0.2, 0.25) is 0 Å². The molecule has 1 aliphatic heterocycles. The van der Waals surface area contributed by atoms with E-state index < -0.39 is 17.3 Å². The number of rotatable bonds is 7. The highest BCUT2D eigenvalue weighted by Gasteiger charge is 2.36. The van der Waals surface area contributed by atoms with Gasteiger partial charge in [-0.3, -0.25) is 4.98 Å². The number of halogens is 3. The minimum absolute atomic E-state index is 0.0493. The molecule has 0 amide bonds. The summed E-state index contributed by atoms with van der Waals surface area (Å²) in [5.41, 5.74) is -0.492. The third kappa shape index (κ3) is 5.16. The van der Waals surface area contributed by atoms with Gasteiger partial charge in [-0.05, 0) is 51.8 Å². The summed E-state index contributed by atoms with van der Waals surface area (Å²) in [5.74, 6) is 1.98. The van der Waals surface area contributed by atoms with Crippen molar-refractivity contribution in [1.82, 2.24) is 15.0 Å². The van der Waals surface area contributed by atoms with E-state index >= 15 is 0 Å². The predicted octanol–water partition coefficient (Wildman–Crippen LogP) is 5.31.